The number of piperidine rings is 1. The lowest BCUT2D eigenvalue weighted by atomic mass is 9.56. The maximum absolute atomic E-state index is 10.4. The van der Waals surface area contributed by atoms with Crippen molar-refractivity contribution < 1.29 is 14.5 Å². The monoisotopic (exact) mass is 547 g/mol. The standard InChI is InChI=1S/C34H51N4O2/c1-20-14-31-32(37(17-20)18-24-19-38(25-7-8-25)36(5)35-24)22(3)34(40-31)13-11-27-28-9-6-23-15-26(39)10-12-33(23,4)30(28)16-29(27)21(34)2/h6,19-20,22,25-28,30-32,39H,7-18H2,1-5H3/q+1. The van der Waals surface area contributed by atoms with Crippen molar-refractivity contribution in [2.24, 2.45) is 42.1 Å². The van der Waals surface area contributed by atoms with E-state index in [0.29, 0.717) is 30.0 Å². The van der Waals surface area contributed by atoms with Crippen molar-refractivity contribution >= 4 is 0 Å². The molecule has 1 N–H and O–H groups in total. The normalized spacial score (nSPS) is 46.7. The zero-order valence-electron chi connectivity index (χ0n) is 25.5. The number of nitrogens with zero attached hydrogens (tertiary/aromatic N) is 4. The van der Waals surface area contributed by atoms with Gasteiger partial charge in [-0.1, -0.05) is 38.0 Å². The summed E-state index contributed by atoms with van der Waals surface area (Å²) in [5.41, 5.74) is 6.33. The van der Waals surface area contributed by atoms with Crippen LogP contribution in [-0.2, 0) is 18.3 Å². The average molecular weight is 548 g/mol. The van der Waals surface area contributed by atoms with Gasteiger partial charge in [-0.15, -0.1) is 0 Å². The van der Waals surface area contributed by atoms with Crippen LogP contribution in [0.1, 0.15) is 104 Å². The van der Waals surface area contributed by atoms with Crippen molar-refractivity contribution in [2.45, 2.75) is 128 Å². The molecule has 10 atom stereocenters. The molecule has 3 heterocycles. The molecule has 1 aromatic heterocycles. The third-order valence-electron chi connectivity index (χ3n) is 13.3. The highest BCUT2D eigenvalue weighted by Crippen LogP contribution is 2.65. The van der Waals surface area contributed by atoms with E-state index in [-0.39, 0.29) is 17.1 Å². The molecule has 0 radical (unpaired) electrons. The van der Waals surface area contributed by atoms with Crippen LogP contribution in [0.15, 0.2) is 29.0 Å². The van der Waals surface area contributed by atoms with Crippen molar-refractivity contribution in [2.75, 3.05) is 6.54 Å². The van der Waals surface area contributed by atoms with Gasteiger partial charge in [-0.3, -0.25) is 4.90 Å². The van der Waals surface area contributed by atoms with E-state index in [4.69, 9.17) is 9.84 Å². The molecular weight excluding hydrogens is 496 g/mol. The summed E-state index contributed by atoms with van der Waals surface area (Å²) in [6, 6.07) is 1.12. The van der Waals surface area contributed by atoms with Crippen LogP contribution in [0.2, 0.25) is 0 Å². The number of hydrogen-bond acceptors (Lipinski definition) is 4. The first-order valence-electron chi connectivity index (χ1n) is 16.6. The Labute approximate surface area is 240 Å². The van der Waals surface area contributed by atoms with Crippen molar-refractivity contribution in [1.29, 1.82) is 0 Å². The van der Waals surface area contributed by atoms with Gasteiger partial charge in [0.2, 0.25) is 5.69 Å². The van der Waals surface area contributed by atoms with E-state index in [2.05, 4.69) is 61.4 Å². The largest absolute Gasteiger partial charge is 0.393 e. The maximum atomic E-state index is 10.4. The topological polar surface area (TPSA) is 54.4 Å². The zero-order valence-corrected chi connectivity index (χ0v) is 25.5. The van der Waals surface area contributed by atoms with Crippen LogP contribution in [0.5, 0.6) is 0 Å². The number of aliphatic hydroxyl groups is 1. The Bertz CT molecular complexity index is 1260. The fourth-order valence-electron chi connectivity index (χ4n) is 11.1. The van der Waals surface area contributed by atoms with Crippen molar-refractivity contribution in [3.8, 4) is 0 Å². The molecule has 0 bridgehead atoms. The van der Waals surface area contributed by atoms with E-state index in [1.54, 1.807) is 16.7 Å². The third-order valence-corrected chi connectivity index (χ3v) is 13.3. The van der Waals surface area contributed by atoms with Crippen LogP contribution in [0.3, 0.4) is 0 Å². The van der Waals surface area contributed by atoms with Gasteiger partial charge in [-0.2, -0.15) is 4.68 Å². The van der Waals surface area contributed by atoms with Gasteiger partial charge in [0.1, 0.15) is 6.04 Å². The number of ether oxygens (including phenoxy) is 1. The van der Waals surface area contributed by atoms with E-state index in [0.717, 1.165) is 50.1 Å². The summed E-state index contributed by atoms with van der Waals surface area (Å²) >= 11 is 0. The molecule has 5 fully saturated rings. The summed E-state index contributed by atoms with van der Waals surface area (Å²) in [4.78, 5) is 4.82. The Kier molecular flexibility index (Phi) is 5.88. The molecule has 1 aromatic rings. The highest BCUT2D eigenvalue weighted by atomic mass is 16.5. The molecule has 7 aliphatic rings. The number of aromatic nitrogens is 3. The Morgan fingerprint density at radius 1 is 1.15 bits per heavy atom. The Morgan fingerprint density at radius 2 is 1.98 bits per heavy atom. The van der Waals surface area contributed by atoms with Crippen LogP contribution >= 0.6 is 0 Å². The number of likely N-dealkylation sites (tertiary alicyclic amines) is 1. The summed E-state index contributed by atoms with van der Waals surface area (Å²) in [5, 5.41) is 15.4. The van der Waals surface area contributed by atoms with Gasteiger partial charge in [0, 0.05) is 23.6 Å². The molecule has 5 aliphatic carbocycles. The zero-order chi connectivity index (χ0) is 27.6. The fraction of sp³-hybridized carbons (Fsp3) is 0.824. The number of allylic oxidation sites excluding steroid dienone is 2. The molecule has 6 heteroatoms. The Hall–Kier alpha value is -1.50. The van der Waals surface area contributed by atoms with Crippen molar-refractivity contribution in [1.82, 2.24) is 14.8 Å². The first kappa shape index (κ1) is 26.2. The molecule has 0 aromatic carbocycles. The van der Waals surface area contributed by atoms with Gasteiger partial charge in [0.15, 0.2) is 6.20 Å². The summed E-state index contributed by atoms with van der Waals surface area (Å²) in [7, 11) is 2.10. The molecular formula is C34H51N4O2+. The van der Waals surface area contributed by atoms with Gasteiger partial charge >= 0.3 is 0 Å². The number of rotatable bonds is 3. The molecule has 2 aliphatic heterocycles. The van der Waals surface area contributed by atoms with Crippen LogP contribution in [0.25, 0.3) is 0 Å². The molecule has 10 unspecified atom stereocenters. The first-order chi connectivity index (χ1) is 19.2. The average Bonchev–Trinajstić information content (AvgIpc) is 3.49. The minimum Gasteiger partial charge on any atom is -0.393 e. The SMILES string of the molecule is CC1=C2CC3C(CC=C4CC(O)CCC43C)C2CCC12OC1CC(C)CN(Cc3c[n+](C4CC4)n(C)n3)C1C2C. The van der Waals surface area contributed by atoms with Crippen LogP contribution < -0.4 is 4.68 Å². The number of fused-ring (bicyclic) bond motifs is 6. The first-order valence-corrected chi connectivity index (χ1v) is 16.6. The van der Waals surface area contributed by atoms with Gasteiger partial charge < -0.3 is 9.84 Å². The lowest BCUT2D eigenvalue weighted by Gasteiger charge is -2.49. The number of aliphatic hydroxyl groups excluding tert-OH is 1. The fourth-order valence-corrected chi connectivity index (χ4v) is 11.1. The molecule has 8 rings (SSSR count). The van der Waals surface area contributed by atoms with E-state index >= 15 is 0 Å². The quantitative estimate of drug-likeness (QED) is 0.414. The van der Waals surface area contributed by atoms with Gasteiger partial charge in [0.05, 0.1) is 31.4 Å². The Morgan fingerprint density at radius 3 is 2.77 bits per heavy atom. The molecule has 218 valence electrons. The molecule has 3 saturated carbocycles. The summed E-state index contributed by atoms with van der Waals surface area (Å²) in [5.74, 6) is 3.39. The molecule has 40 heavy (non-hydrogen) atoms. The van der Waals surface area contributed by atoms with E-state index < -0.39 is 0 Å². The Balaban J connectivity index is 1.08. The smallest absolute Gasteiger partial charge is 0.232 e. The maximum Gasteiger partial charge on any atom is 0.232 e. The second-order valence-electron chi connectivity index (χ2n) is 15.5. The van der Waals surface area contributed by atoms with Crippen molar-refractivity contribution in [3.05, 3.63) is 34.7 Å². The molecule has 1 spiro atoms. The van der Waals surface area contributed by atoms with E-state index in [1.807, 2.05) is 0 Å². The molecule has 6 nitrogen and oxygen atoms in total. The molecule has 2 saturated heterocycles. The predicted molar refractivity (Wildman–Crippen MR) is 154 cm³/mol. The van der Waals surface area contributed by atoms with E-state index in [1.165, 1.54) is 50.6 Å². The summed E-state index contributed by atoms with van der Waals surface area (Å²) in [6.45, 7) is 12.0. The minimum atomic E-state index is -0.129. The van der Waals surface area contributed by atoms with Gasteiger partial charge in [-0.05, 0) is 111 Å². The summed E-state index contributed by atoms with van der Waals surface area (Å²) < 4.78 is 9.71. The highest BCUT2D eigenvalue weighted by molar-refractivity contribution is 5.38. The number of hydrogen-bond donors (Lipinski definition) is 1. The van der Waals surface area contributed by atoms with Crippen LogP contribution in [0.4, 0.5) is 0 Å². The second-order valence-corrected chi connectivity index (χ2v) is 15.5. The van der Waals surface area contributed by atoms with Crippen molar-refractivity contribution in [3.63, 3.8) is 0 Å². The van der Waals surface area contributed by atoms with Gasteiger partial charge in [0.25, 0.3) is 0 Å². The summed E-state index contributed by atoms with van der Waals surface area (Å²) in [6.07, 6.45) is 16.8. The van der Waals surface area contributed by atoms with Crippen LogP contribution in [0, 0.1) is 35.0 Å². The van der Waals surface area contributed by atoms with Gasteiger partial charge in [-0.25, -0.2) is 0 Å². The number of aryl methyl sites for hydroxylation is 1. The lowest BCUT2D eigenvalue weighted by molar-refractivity contribution is -0.781. The minimum absolute atomic E-state index is 0.102. The highest BCUT2D eigenvalue weighted by Gasteiger charge is 2.61. The second kappa shape index (κ2) is 9.00. The lowest BCUT2D eigenvalue weighted by Crippen LogP contribution is -2.51. The third kappa shape index (κ3) is 3.70. The van der Waals surface area contributed by atoms with Crippen LogP contribution in [-0.4, -0.2) is 50.3 Å². The predicted octanol–water partition coefficient (Wildman–Crippen LogP) is 5.27. The molecule has 0 amide bonds. The van der Waals surface area contributed by atoms with E-state index in [9.17, 15) is 5.11 Å².